The van der Waals surface area contributed by atoms with E-state index in [1.807, 2.05) is 18.7 Å². The second-order valence-electron chi connectivity index (χ2n) is 28.0. The molecule has 12 nitrogen and oxygen atoms in total. The Morgan fingerprint density at radius 2 is 0.554 bits per heavy atom. The number of hydrogen-bond donors (Lipinski definition) is 0. The zero-order valence-electron chi connectivity index (χ0n) is 59.6. The smallest absolute Gasteiger partial charge is 0.114 e. The van der Waals surface area contributed by atoms with Gasteiger partial charge in [0.05, 0.1) is 33.4 Å². The summed E-state index contributed by atoms with van der Waals surface area (Å²) in [7, 11) is 0. The van der Waals surface area contributed by atoms with Crippen molar-refractivity contribution in [1.29, 1.82) is 0 Å². The molecule has 0 saturated carbocycles. The highest BCUT2D eigenvalue weighted by molar-refractivity contribution is 5.96. The summed E-state index contributed by atoms with van der Waals surface area (Å²) in [6.07, 6.45) is 2.08. The van der Waals surface area contributed by atoms with Gasteiger partial charge in [0.25, 0.3) is 0 Å². The molecule has 4 heterocycles. The van der Waals surface area contributed by atoms with E-state index in [1.54, 1.807) is 0 Å². The lowest BCUT2D eigenvalue weighted by Crippen LogP contribution is -2.19. The summed E-state index contributed by atoms with van der Waals surface area (Å²) in [4.78, 5) is 0. The van der Waals surface area contributed by atoms with Crippen molar-refractivity contribution in [2.75, 3.05) is 0 Å². The maximum absolute atomic E-state index is 4.67. The fraction of sp³-hybridized carbons (Fsp3) is 0.191. The average Bonchev–Trinajstić information content (AvgIpc) is 1.75. The normalized spacial score (nSPS) is 11.7. The van der Waals surface area contributed by atoms with Crippen molar-refractivity contribution in [3.8, 4) is 89.3 Å². The summed E-state index contributed by atoms with van der Waals surface area (Å²) in [5, 5.41) is 36.2. The van der Waals surface area contributed by atoms with E-state index in [-0.39, 0.29) is 5.41 Å². The van der Waals surface area contributed by atoms with E-state index in [4.69, 9.17) is 0 Å². The molecule has 0 atom stereocenters. The number of aryl methyl sites for hydroxylation is 10. The monoisotopic (exact) mass is 1320 g/mol. The van der Waals surface area contributed by atoms with Crippen molar-refractivity contribution in [2.45, 2.75) is 114 Å². The van der Waals surface area contributed by atoms with E-state index in [9.17, 15) is 0 Å². The van der Waals surface area contributed by atoms with E-state index in [2.05, 4.69) is 355 Å². The SMILES string of the molecule is CCCn1nnc2cc(-c3cc(C)c(-c4cc(C)c(-c5ccc6c(c5)nnn6CCC)cc4C)cc3C)ccc21.Cc1ccc(-c2cc3nnn(-c4ccc(C(C)(C)c5ccc(-n6nnc7cc(-c8ccc(C)cc8)c(-c8ccc(C)cc8)cc76)cc5)cc4)c3cc2-c2ccc(C)cc2)cc1. The third kappa shape index (κ3) is 12.6. The molecule has 0 aliphatic rings. The van der Waals surface area contributed by atoms with Gasteiger partial charge in [0.2, 0.25) is 0 Å². The molecular formula is C89H82N12. The molecule has 0 spiro atoms. The van der Waals surface area contributed by atoms with E-state index in [0.717, 1.165) is 126 Å². The molecule has 0 unspecified atom stereocenters. The van der Waals surface area contributed by atoms with E-state index < -0.39 is 0 Å². The minimum absolute atomic E-state index is 0.269. The van der Waals surface area contributed by atoms with Gasteiger partial charge in [-0.15, -0.1) is 20.4 Å². The van der Waals surface area contributed by atoms with Crippen molar-refractivity contribution < 1.29 is 0 Å². The number of fused-ring (bicyclic) bond motifs is 4. The van der Waals surface area contributed by atoms with Gasteiger partial charge < -0.3 is 0 Å². The van der Waals surface area contributed by atoms with Crippen LogP contribution in [0, 0.1) is 55.4 Å². The minimum atomic E-state index is -0.269. The van der Waals surface area contributed by atoms with Crippen molar-refractivity contribution >= 4 is 44.1 Å². The standard InChI is InChI=1S/C55H46N6.C34H36N6/c1-35-7-15-39(16-8-35)47-31-51-53(33-49(47)41-19-11-37(3)12-20-41)60(58-56-51)45-27-23-43(24-28-45)55(5,6)44-25-29-46(30-26-44)61-54-34-50(42-21-13-38(4)14-22-42)48(32-52(54)57-59-61)40-17-9-36(2)10-18-40;1-7-13-39-33-11-9-25(19-31(33)35-37-39)27-15-23(5)29(17-21(27)3)30-18-22(4)28(16-24(30)6)26-10-12-34-32(20-26)36-38-40(34)14-8-2/h7-34H,1-6H3;9-12,15-20H,7-8,13-14H2,1-6H3. The molecule has 0 aliphatic carbocycles. The van der Waals surface area contributed by atoms with Crippen LogP contribution in [-0.4, -0.2) is 60.0 Å². The molecule has 0 bridgehead atoms. The number of hydrogen-bond acceptors (Lipinski definition) is 8. The largest absolute Gasteiger partial charge is 0.245 e. The van der Waals surface area contributed by atoms with Gasteiger partial charge in [0.1, 0.15) is 22.1 Å². The highest BCUT2D eigenvalue weighted by Gasteiger charge is 2.25. The Hall–Kier alpha value is -11.8. The number of benzene rings is 12. The van der Waals surface area contributed by atoms with Crippen LogP contribution in [0.1, 0.15) is 96.2 Å². The number of nitrogens with zero attached hydrogens (tertiary/aromatic N) is 12. The lowest BCUT2D eigenvalue weighted by atomic mass is 9.78. The van der Waals surface area contributed by atoms with Gasteiger partial charge in [0.15, 0.2) is 0 Å². The minimum Gasteiger partial charge on any atom is -0.245 e. The molecule has 0 fully saturated rings. The highest BCUT2D eigenvalue weighted by atomic mass is 15.4. The first kappa shape index (κ1) is 65.2. The molecule has 0 amide bonds. The van der Waals surface area contributed by atoms with E-state index in [0.29, 0.717) is 0 Å². The predicted molar refractivity (Wildman–Crippen MR) is 415 cm³/mol. The Morgan fingerprint density at radius 1 is 0.267 bits per heavy atom. The third-order valence-electron chi connectivity index (χ3n) is 20.2. The summed E-state index contributed by atoms with van der Waals surface area (Å²) in [5.41, 5.74) is 38.4. The van der Waals surface area contributed by atoms with Crippen LogP contribution in [0.25, 0.3) is 133 Å². The quantitative estimate of drug-likeness (QED) is 0.0994. The second-order valence-corrected chi connectivity index (χ2v) is 28.0. The predicted octanol–water partition coefficient (Wildman–Crippen LogP) is 21.6. The molecule has 0 N–H and O–H groups in total. The molecule has 101 heavy (non-hydrogen) atoms. The molecule has 12 heteroatoms. The van der Waals surface area contributed by atoms with Crippen LogP contribution >= 0.6 is 0 Å². The zero-order chi connectivity index (χ0) is 69.8. The second kappa shape index (κ2) is 26.8. The maximum Gasteiger partial charge on any atom is 0.114 e. The van der Waals surface area contributed by atoms with Gasteiger partial charge >= 0.3 is 0 Å². The lowest BCUT2D eigenvalue weighted by molar-refractivity contribution is 0.596. The fourth-order valence-electron chi connectivity index (χ4n) is 14.3. The Balaban J connectivity index is 0.000000179. The van der Waals surface area contributed by atoms with Crippen LogP contribution in [0.4, 0.5) is 0 Å². The fourth-order valence-corrected chi connectivity index (χ4v) is 14.3. The topological polar surface area (TPSA) is 123 Å². The van der Waals surface area contributed by atoms with Crippen molar-refractivity contribution in [3.63, 3.8) is 0 Å². The first-order valence-electron chi connectivity index (χ1n) is 35.2. The third-order valence-corrected chi connectivity index (χ3v) is 20.2. The summed E-state index contributed by atoms with van der Waals surface area (Å²) < 4.78 is 7.88. The summed E-state index contributed by atoms with van der Waals surface area (Å²) in [5.74, 6) is 0. The van der Waals surface area contributed by atoms with Crippen molar-refractivity contribution in [3.05, 3.63) is 286 Å². The number of aromatic nitrogens is 12. The van der Waals surface area contributed by atoms with Gasteiger partial charge in [-0.1, -0.05) is 229 Å². The zero-order valence-corrected chi connectivity index (χ0v) is 59.6. The molecule has 12 aromatic carbocycles. The lowest BCUT2D eigenvalue weighted by Gasteiger charge is -2.26. The Bertz CT molecular complexity index is 5390. The van der Waals surface area contributed by atoms with Gasteiger partial charge in [-0.25, -0.2) is 18.7 Å². The van der Waals surface area contributed by atoms with E-state index >= 15 is 0 Å². The van der Waals surface area contributed by atoms with Crippen molar-refractivity contribution in [2.24, 2.45) is 0 Å². The van der Waals surface area contributed by atoms with E-state index in [1.165, 1.54) is 89.0 Å². The Morgan fingerprint density at radius 3 is 0.891 bits per heavy atom. The van der Waals surface area contributed by atoms with Gasteiger partial charge in [0, 0.05) is 18.5 Å². The van der Waals surface area contributed by atoms with Crippen LogP contribution in [0.3, 0.4) is 0 Å². The molecule has 16 rings (SSSR count). The molecular weight excluding hydrogens is 1240 g/mol. The summed E-state index contributed by atoms with van der Waals surface area (Å²) in [6, 6.07) is 83.5. The first-order chi connectivity index (χ1) is 49.0. The van der Waals surface area contributed by atoms with Crippen LogP contribution in [0.5, 0.6) is 0 Å². The van der Waals surface area contributed by atoms with Crippen LogP contribution in [-0.2, 0) is 18.5 Å². The maximum atomic E-state index is 4.67. The molecule has 498 valence electrons. The van der Waals surface area contributed by atoms with Crippen molar-refractivity contribution in [1.82, 2.24) is 60.0 Å². The number of rotatable bonds is 15. The van der Waals surface area contributed by atoms with Crippen LogP contribution in [0.2, 0.25) is 0 Å². The first-order valence-corrected chi connectivity index (χ1v) is 35.2. The molecule has 0 saturated heterocycles. The molecule has 0 aliphatic heterocycles. The van der Waals surface area contributed by atoms with Crippen LogP contribution < -0.4 is 0 Å². The molecule has 0 radical (unpaired) electrons. The molecule has 16 aromatic rings. The molecule has 4 aromatic heterocycles. The average molecular weight is 1320 g/mol. The van der Waals surface area contributed by atoms with Gasteiger partial charge in [-0.2, -0.15) is 0 Å². The van der Waals surface area contributed by atoms with Crippen LogP contribution in [0.15, 0.2) is 231 Å². The van der Waals surface area contributed by atoms with Gasteiger partial charge in [-0.05, 0) is 252 Å². The Labute approximate surface area is 590 Å². The summed E-state index contributed by atoms with van der Waals surface area (Å²) in [6.45, 7) is 27.9. The summed E-state index contributed by atoms with van der Waals surface area (Å²) >= 11 is 0. The van der Waals surface area contributed by atoms with Gasteiger partial charge in [-0.3, -0.25) is 0 Å². The highest BCUT2D eigenvalue weighted by Crippen LogP contribution is 2.42. The Kier molecular flexibility index (Phi) is 17.3.